The molecule has 1 aromatic carbocycles. The van der Waals surface area contributed by atoms with Gasteiger partial charge in [-0.3, -0.25) is 0 Å². The second-order valence-corrected chi connectivity index (χ2v) is 3.94. The number of benzene rings is 1. The molecule has 0 saturated carbocycles. The van der Waals surface area contributed by atoms with Crippen molar-refractivity contribution in [3.05, 3.63) is 28.8 Å². The molecule has 0 bridgehead atoms. The van der Waals surface area contributed by atoms with E-state index < -0.39 is 0 Å². The lowest BCUT2D eigenvalue weighted by Crippen LogP contribution is -2.36. The Balaban J connectivity index is 0.000000659. The second kappa shape index (κ2) is 10.2. The average Bonchev–Trinajstić information content (AvgIpc) is 2.47. The van der Waals surface area contributed by atoms with Crippen LogP contribution in [0, 0.1) is 6.92 Å². The predicted octanol–water partition coefficient (Wildman–Crippen LogP) is 4.54. The molecule has 1 aliphatic heterocycles. The van der Waals surface area contributed by atoms with Gasteiger partial charge in [-0.2, -0.15) is 0 Å². The van der Waals surface area contributed by atoms with E-state index in [4.69, 9.17) is 16.3 Å². The summed E-state index contributed by atoms with van der Waals surface area (Å²) < 4.78 is 5.31. The van der Waals surface area contributed by atoms with E-state index in [-0.39, 0.29) is 0 Å². The lowest BCUT2D eigenvalue weighted by Gasteiger charge is -2.29. The van der Waals surface area contributed by atoms with Crippen molar-refractivity contribution in [2.75, 3.05) is 31.2 Å². The third-order valence-corrected chi connectivity index (χ3v) is 2.94. The average molecular weight is 272 g/mol. The smallest absolute Gasteiger partial charge is 0.0642 e. The van der Waals surface area contributed by atoms with Gasteiger partial charge in [0.25, 0.3) is 0 Å². The highest BCUT2D eigenvalue weighted by molar-refractivity contribution is 6.31. The maximum absolute atomic E-state index is 5.98. The fourth-order valence-corrected chi connectivity index (χ4v) is 1.76. The van der Waals surface area contributed by atoms with Gasteiger partial charge in [-0.1, -0.05) is 39.3 Å². The first kappa shape index (κ1) is 17.3. The Kier molecular flexibility index (Phi) is 9.80. The summed E-state index contributed by atoms with van der Waals surface area (Å²) >= 11 is 5.98. The van der Waals surface area contributed by atoms with Gasteiger partial charge in [0.2, 0.25) is 0 Å². The fraction of sp³-hybridized carbons (Fsp3) is 0.600. The zero-order chi connectivity index (χ0) is 14.0. The van der Waals surface area contributed by atoms with Crippen molar-refractivity contribution in [1.29, 1.82) is 0 Å². The largest absolute Gasteiger partial charge is 0.378 e. The van der Waals surface area contributed by atoms with Crippen LogP contribution in [0.15, 0.2) is 18.2 Å². The van der Waals surface area contributed by atoms with Gasteiger partial charge in [-0.25, -0.2) is 0 Å². The maximum Gasteiger partial charge on any atom is 0.0642 e. The molecule has 0 amide bonds. The van der Waals surface area contributed by atoms with E-state index in [9.17, 15) is 0 Å². The predicted molar refractivity (Wildman–Crippen MR) is 81.9 cm³/mol. The first-order valence-electron chi connectivity index (χ1n) is 6.86. The molecule has 0 unspecified atom stereocenters. The summed E-state index contributed by atoms with van der Waals surface area (Å²) in [6.07, 6.45) is 0. The molecule has 1 heterocycles. The normalized spacial score (nSPS) is 14.0. The van der Waals surface area contributed by atoms with Gasteiger partial charge < -0.3 is 9.64 Å². The summed E-state index contributed by atoms with van der Waals surface area (Å²) in [6, 6.07) is 6.16. The molecule has 0 aliphatic carbocycles. The van der Waals surface area contributed by atoms with E-state index >= 15 is 0 Å². The minimum absolute atomic E-state index is 0.821. The van der Waals surface area contributed by atoms with Crippen molar-refractivity contribution in [3.63, 3.8) is 0 Å². The minimum atomic E-state index is 0.821. The minimum Gasteiger partial charge on any atom is -0.378 e. The highest BCUT2D eigenvalue weighted by Crippen LogP contribution is 2.22. The molecule has 0 atom stereocenters. The van der Waals surface area contributed by atoms with E-state index in [1.807, 2.05) is 40.7 Å². The molecule has 104 valence electrons. The molecule has 2 rings (SSSR count). The maximum atomic E-state index is 5.98. The molecule has 1 aromatic rings. The Hall–Kier alpha value is -0.730. The Morgan fingerprint density at radius 2 is 1.61 bits per heavy atom. The number of aryl methyl sites for hydroxylation is 1. The highest BCUT2D eigenvalue weighted by Gasteiger charge is 2.11. The van der Waals surface area contributed by atoms with E-state index in [1.165, 1.54) is 5.69 Å². The van der Waals surface area contributed by atoms with Gasteiger partial charge in [0.1, 0.15) is 0 Å². The molecule has 1 aliphatic rings. The molecule has 3 heteroatoms. The van der Waals surface area contributed by atoms with Gasteiger partial charge in [0.05, 0.1) is 13.2 Å². The zero-order valence-electron chi connectivity index (χ0n) is 12.3. The molecule has 18 heavy (non-hydrogen) atoms. The number of hydrogen-bond acceptors (Lipinski definition) is 2. The van der Waals surface area contributed by atoms with Crippen molar-refractivity contribution in [1.82, 2.24) is 0 Å². The van der Waals surface area contributed by atoms with Crippen LogP contribution in [0.25, 0.3) is 0 Å². The molecule has 2 nitrogen and oxygen atoms in total. The number of morpholine rings is 1. The number of hydrogen-bond donors (Lipinski definition) is 0. The third-order valence-electron chi connectivity index (χ3n) is 2.52. The van der Waals surface area contributed by atoms with Crippen LogP contribution in [-0.4, -0.2) is 26.3 Å². The molecular formula is C15H26ClNO. The second-order valence-electron chi connectivity index (χ2n) is 3.53. The van der Waals surface area contributed by atoms with Gasteiger partial charge in [0.15, 0.2) is 0 Å². The summed E-state index contributed by atoms with van der Waals surface area (Å²) in [4.78, 5) is 2.33. The van der Waals surface area contributed by atoms with E-state index in [1.54, 1.807) is 0 Å². The molecule has 0 aromatic heterocycles. The standard InChI is InChI=1S/C11H14ClNO.2C2H6/c1-9-8-10(2-3-11(9)12)13-4-6-14-7-5-13;2*1-2/h2-3,8H,4-7H2,1H3;2*1-2H3. The van der Waals surface area contributed by atoms with Gasteiger partial charge in [-0.05, 0) is 30.7 Å². The Bertz CT molecular complexity index is 322. The number of ether oxygens (including phenoxy) is 1. The topological polar surface area (TPSA) is 12.5 Å². The summed E-state index contributed by atoms with van der Waals surface area (Å²) in [5.74, 6) is 0. The first-order chi connectivity index (χ1) is 8.77. The SMILES string of the molecule is CC.CC.Cc1cc(N2CCOCC2)ccc1Cl. The lowest BCUT2D eigenvalue weighted by molar-refractivity contribution is 0.122. The molecule has 0 N–H and O–H groups in total. The van der Waals surface area contributed by atoms with Crippen LogP contribution in [0.3, 0.4) is 0 Å². The number of anilines is 1. The Labute approximate surface area is 117 Å². The number of nitrogens with zero attached hydrogens (tertiary/aromatic N) is 1. The third kappa shape index (κ3) is 5.28. The number of halogens is 1. The quantitative estimate of drug-likeness (QED) is 0.744. The Morgan fingerprint density at radius 1 is 1.06 bits per heavy atom. The number of rotatable bonds is 1. The fourth-order valence-electron chi connectivity index (χ4n) is 1.65. The van der Waals surface area contributed by atoms with Crippen LogP contribution in [0.1, 0.15) is 33.3 Å². The monoisotopic (exact) mass is 271 g/mol. The van der Waals surface area contributed by atoms with Crippen molar-refractivity contribution in [2.45, 2.75) is 34.6 Å². The van der Waals surface area contributed by atoms with E-state index in [0.29, 0.717) is 0 Å². The summed E-state index contributed by atoms with van der Waals surface area (Å²) in [7, 11) is 0. The van der Waals surface area contributed by atoms with Gasteiger partial charge >= 0.3 is 0 Å². The van der Waals surface area contributed by atoms with Crippen molar-refractivity contribution in [2.24, 2.45) is 0 Å². The van der Waals surface area contributed by atoms with Crippen LogP contribution < -0.4 is 4.90 Å². The van der Waals surface area contributed by atoms with Crippen LogP contribution in [0.4, 0.5) is 5.69 Å². The van der Waals surface area contributed by atoms with Crippen LogP contribution >= 0.6 is 11.6 Å². The first-order valence-corrected chi connectivity index (χ1v) is 7.24. The summed E-state index contributed by atoms with van der Waals surface area (Å²) in [5, 5.41) is 0.835. The van der Waals surface area contributed by atoms with Crippen LogP contribution in [-0.2, 0) is 4.74 Å². The highest BCUT2D eigenvalue weighted by atomic mass is 35.5. The van der Waals surface area contributed by atoms with Crippen molar-refractivity contribution < 1.29 is 4.74 Å². The summed E-state index contributed by atoms with van der Waals surface area (Å²) in [6.45, 7) is 13.6. The molecule has 1 fully saturated rings. The van der Waals surface area contributed by atoms with Gasteiger partial charge in [0, 0.05) is 23.8 Å². The molecular weight excluding hydrogens is 246 g/mol. The van der Waals surface area contributed by atoms with E-state index in [0.717, 1.165) is 36.9 Å². The molecule has 0 spiro atoms. The van der Waals surface area contributed by atoms with Crippen LogP contribution in [0.2, 0.25) is 5.02 Å². The van der Waals surface area contributed by atoms with E-state index in [2.05, 4.69) is 17.0 Å². The molecule has 0 radical (unpaired) electrons. The Morgan fingerprint density at radius 3 is 2.11 bits per heavy atom. The lowest BCUT2D eigenvalue weighted by atomic mass is 10.2. The zero-order valence-corrected chi connectivity index (χ0v) is 13.0. The molecule has 1 saturated heterocycles. The summed E-state index contributed by atoms with van der Waals surface area (Å²) in [5.41, 5.74) is 2.38. The van der Waals surface area contributed by atoms with Crippen LogP contribution in [0.5, 0.6) is 0 Å². The van der Waals surface area contributed by atoms with Crippen molar-refractivity contribution in [3.8, 4) is 0 Å². The van der Waals surface area contributed by atoms with Gasteiger partial charge in [-0.15, -0.1) is 0 Å². The van der Waals surface area contributed by atoms with Crippen molar-refractivity contribution >= 4 is 17.3 Å².